The Morgan fingerprint density at radius 2 is 1.70 bits per heavy atom. The smallest absolute Gasteiger partial charge is 0.393 e. The van der Waals surface area contributed by atoms with Crippen LogP contribution in [0, 0.1) is 46.3 Å². The van der Waals surface area contributed by atoms with E-state index in [2.05, 4.69) is 18.0 Å². The summed E-state index contributed by atoms with van der Waals surface area (Å²) in [5.41, 5.74) is -3.84. The maximum absolute atomic E-state index is 11.7. The second-order valence-corrected chi connectivity index (χ2v) is 15.6. The Morgan fingerprint density at radius 3 is 2.30 bits per heavy atom. The van der Waals surface area contributed by atoms with Gasteiger partial charge in [0.15, 0.2) is 0 Å². The van der Waals surface area contributed by atoms with Gasteiger partial charge in [-0.25, -0.2) is 4.18 Å². The molecule has 10 nitrogen and oxygen atoms in total. The Balaban J connectivity index is 1.53. The van der Waals surface area contributed by atoms with Crippen LogP contribution in [-0.4, -0.2) is 85.8 Å². The Labute approximate surface area is 239 Å². The summed E-state index contributed by atoms with van der Waals surface area (Å²) in [4.78, 5) is 0. The molecular weight excluding hydrogens is 540 g/mol. The molecule has 4 fully saturated rings. The van der Waals surface area contributed by atoms with Gasteiger partial charge >= 0.3 is 10.4 Å². The molecule has 6 unspecified atom stereocenters. The number of aliphatic hydroxyl groups excluding tert-OH is 4. The zero-order valence-corrected chi connectivity index (χ0v) is 25.4. The van der Waals surface area contributed by atoms with Crippen LogP contribution in [0.4, 0.5) is 0 Å². The van der Waals surface area contributed by atoms with Crippen molar-refractivity contribution in [2.75, 3.05) is 6.61 Å². The quantitative estimate of drug-likeness (QED) is 0.195. The van der Waals surface area contributed by atoms with Crippen molar-refractivity contribution in [3.63, 3.8) is 0 Å². The van der Waals surface area contributed by atoms with Gasteiger partial charge in [-0.15, -0.1) is 0 Å². The molecule has 0 radical (unpaired) electrons. The zero-order chi connectivity index (χ0) is 30.1. The summed E-state index contributed by atoms with van der Waals surface area (Å²) in [6.45, 7) is 9.05. The molecule has 0 amide bonds. The SMILES string of the molecule is CC[C@H](CC[C@@H](C)[C@H]1C(O)C(O)[C@H]2[C@@H]3CC(O)C4(O)CC(O)CC[C@]4(C)[C@H]3CC[C@]12C)C(C)(O)COS(=O)(=O)O. The number of rotatable bonds is 9. The highest BCUT2D eigenvalue weighted by atomic mass is 32.3. The molecule has 4 saturated carbocycles. The minimum absolute atomic E-state index is 0.0191. The van der Waals surface area contributed by atoms with E-state index in [1.54, 1.807) is 0 Å². The fraction of sp³-hybridized carbons (Fsp3) is 1.00. The number of hydrogen-bond donors (Lipinski definition) is 7. The molecule has 0 aromatic rings. The first-order valence-corrected chi connectivity index (χ1v) is 16.5. The third-order valence-corrected chi connectivity index (χ3v) is 12.9. The lowest BCUT2D eigenvalue weighted by molar-refractivity contribution is -0.268. The first-order valence-electron chi connectivity index (χ1n) is 15.1. The largest absolute Gasteiger partial charge is 0.397 e. The molecule has 0 aromatic carbocycles. The van der Waals surface area contributed by atoms with Crippen LogP contribution >= 0.6 is 0 Å². The first-order chi connectivity index (χ1) is 18.3. The maximum atomic E-state index is 11.7. The Morgan fingerprint density at radius 1 is 1.05 bits per heavy atom. The molecule has 7 N–H and O–H groups in total. The van der Waals surface area contributed by atoms with Crippen molar-refractivity contribution in [2.24, 2.45) is 46.3 Å². The monoisotopic (exact) mass is 592 g/mol. The maximum Gasteiger partial charge on any atom is 0.397 e. The summed E-state index contributed by atoms with van der Waals surface area (Å²) in [5.74, 6) is -0.807. The number of fused-ring (bicyclic) bond motifs is 5. The minimum Gasteiger partial charge on any atom is -0.393 e. The van der Waals surface area contributed by atoms with Crippen LogP contribution in [0.2, 0.25) is 0 Å². The Bertz CT molecular complexity index is 1020. The van der Waals surface area contributed by atoms with E-state index in [4.69, 9.17) is 4.55 Å². The van der Waals surface area contributed by atoms with Crippen molar-refractivity contribution in [2.45, 2.75) is 128 Å². The molecule has 0 heterocycles. The molecule has 40 heavy (non-hydrogen) atoms. The van der Waals surface area contributed by atoms with Gasteiger partial charge in [-0.1, -0.05) is 34.1 Å². The standard InChI is InChI=1S/C29H52O10S/c1-6-17(28(5,34)15-39-40(36,37)38)8-7-16(2)22-24(32)25(33)23-19-13-21(31)29(35)14-18(30)9-12-27(29,4)20(19)10-11-26(22,23)3/h16-25,30-35H,6-15H2,1-5H3,(H,36,37,38)/t16-,17-,18?,19-,20+,21?,22+,23-,24?,25?,26-,27-,28?,29?/m1/s1. The predicted molar refractivity (Wildman–Crippen MR) is 147 cm³/mol. The van der Waals surface area contributed by atoms with E-state index < -0.39 is 63.5 Å². The van der Waals surface area contributed by atoms with Crippen molar-refractivity contribution in [3.8, 4) is 0 Å². The highest BCUT2D eigenvalue weighted by molar-refractivity contribution is 7.80. The molecule has 0 aliphatic heterocycles. The van der Waals surface area contributed by atoms with E-state index in [-0.39, 0.29) is 41.9 Å². The van der Waals surface area contributed by atoms with Crippen LogP contribution in [0.25, 0.3) is 0 Å². The van der Waals surface area contributed by atoms with E-state index in [9.17, 15) is 39.1 Å². The fourth-order valence-electron chi connectivity index (χ4n) is 10.3. The molecule has 4 aliphatic rings. The second kappa shape index (κ2) is 11.0. The lowest BCUT2D eigenvalue weighted by Crippen LogP contribution is -2.69. The zero-order valence-electron chi connectivity index (χ0n) is 24.6. The summed E-state index contributed by atoms with van der Waals surface area (Å²) in [6, 6.07) is 0. The fourth-order valence-corrected chi connectivity index (χ4v) is 10.7. The van der Waals surface area contributed by atoms with Gasteiger partial charge in [-0.3, -0.25) is 4.55 Å². The average molecular weight is 593 g/mol. The lowest BCUT2D eigenvalue weighted by atomic mass is 9.42. The van der Waals surface area contributed by atoms with Crippen molar-refractivity contribution in [1.29, 1.82) is 0 Å². The molecule has 4 aliphatic carbocycles. The van der Waals surface area contributed by atoms with Crippen LogP contribution in [-0.2, 0) is 14.6 Å². The lowest BCUT2D eigenvalue weighted by Gasteiger charge is -2.65. The molecule has 14 atom stereocenters. The van der Waals surface area contributed by atoms with E-state index in [1.165, 1.54) is 6.92 Å². The van der Waals surface area contributed by atoms with Crippen molar-refractivity contribution in [1.82, 2.24) is 0 Å². The van der Waals surface area contributed by atoms with Gasteiger partial charge in [0.2, 0.25) is 0 Å². The first kappa shape index (κ1) is 32.5. The van der Waals surface area contributed by atoms with E-state index >= 15 is 0 Å². The van der Waals surface area contributed by atoms with Gasteiger partial charge < -0.3 is 30.6 Å². The summed E-state index contributed by atoms with van der Waals surface area (Å²) < 4.78 is 35.5. The normalized spacial score (nSPS) is 48.4. The van der Waals surface area contributed by atoms with Crippen LogP contribution in [0.15, 0.2) is 0 Å². The molecular formula is C29H52O10S. The van der Waals surface area contributed by atoms with E-state index in [0.29, 0.717) is 38.5 Å². The molecule has 11 heteroatoms. The van der Waals surface area contributed by atoms with Gasteiger partial charge in [0.05, 0.1) is 42.2 Å². The van der Waals surface area contributed by atoms with Crippen LogP contribution in [0.3, 0.4) is 0 Å². The van der Waals surface area contributed by atoms with Crippen molar-refractivity contribution < 1.29 is 47.8 Å². The number of hydrogen-bond acceptors (Lipinski definition) is 9. The highest BCUT2D eigenvalue weighted by Gasteiger charge is 2.70. The highest BCUT2D eigenvalue weighted by Crippen LogP contribution is 2.69. The third-order valence-electron chi connectivity index (χ3n) is 12.4. The summed E-state index contributed by atoms with van der Waals surface area (Å²) in [5, 5.41) is 67.2. The molecule has 0 aromatic heterocycles. The summed E-state index contributed by atoms with van der Waals surface area (Å²) >= 11 is 0. The van der Waals surface area contributed by atoms with Crippen molar-refractivity contribution >= 4 is 10.4 Å². The molecule has 0 bridgehead atoms. The summed E-state index contributed by atoms with van der Waals surface area (Å²) in [7, 11) is -4.68. The van der Waals surface area contributed by atoms with Crippen molar-refractivity contribution in [3.05, 3.63) is 0 Å². The Hall–Kier alpha value is -0.370. The molecule has 0 spiro atoms. The predicted octanol–water partition coefficient (Wildman–Crippen LogP) is 2.05. The molecule has 4 rings (SSSR count). The van der Waals surface area contributed by atoms with Gasteiger partial charge in [-0.05, 0) is 92.8 Å². The second-order valence-electron chi connectivity index (χ2n) is 14.5. The Kier molecular flexibility index (Phi) is 8.92. The molecule has 234 valence electrons. The van der Waals surface area contributed by atoms with Crippen LogP contribution < -0.4 is 0 Å². The minimum atomic E-state index is -4.68. The van der Waals surface area contributed by atoms with Crippen LogP contribution in [0.1, 0.15) is 92.4 Å². The average Bonchev–Trinajstić information content (AvgIpc) is 3.05. The van der Waals surface area contributed by atoms with Crippen LogP contribution in [0.5, 0.6) is 0 Å². The topological polar surface area (TPSA) is 185 Å². The molecule has 0 saturated heterocycles. The number of aliphatic hydroxyl groups is 6. The van der Waals surface area contributed by atoms with Gasteiger partial charge in [0.25, 0.3) is 0 Å². The third kappa shape index (κ3) is 5.30. The van der Waals surface area contributed by atoms with Gasteiger partial charge in [-0.2, -0.15) is 8.42 Å². The van der Waals surface area contributed by atoms with E-state index in [0.717, 1.165) is 12.8 Å². The van der Waals surface area contributed by atoms with Gasteiger partial charge in [0, 0.05) is 11.8 Å². The summed E-state index contributed by atoms with van der Waals surface area (Å²) in [6.07, 6.45) is 1.36. The van der Waals surface area contributed by atoms with E-state index in [1.807, 2.05) is 13.8 Å². The van der Waals surface area contributed by atoms with Gasteiger partial charge in [0.1, 0.15) is 0 Å².